The Morgan fingerprint density at radius 2 is 1.74 bits per heavy atom. The van der Waals surface area contributed by atoms with Crippen LogP contribution in [0.15, 0.2) is 55.0 Å². The summed E-state index contributed by atoms with van der Waals surface area (Å²) < 4.78 is 0. The molecule has 0 amide bonds. The predicted octanol–water partition coefficient (Wildman–Crippen LogP) is 3.20. The van der Waals surface area contributed by atoms with Gasteiger partial charge in [-0.1, -0.05) is 12.1 Å². The normalized spacial score (nSPS) is 12.3. The fraction of sp³-hybridized carbons (Fsp3) is 0.133. The SMILES string of the molecule is CC(Nc1cnc2ccccc2n1)c1ccncc1. The molecule has 0 radical (unpaired) electrons. The Labute approximate surface area is 111 Å². The summed E-state index contributed by atoms with van der Waals surface area (Å²) in [4.78, 5) is 13.0. The first-order chi connectivity index (χ1) is 9.33. The third-order valence-corrected chi connectivity index (χ3v) is 3.02. The highest BCUT2D eigenvalue weighted by Gasteiger charge is 2.06. The van der Waals surface area contributed by atoms with Crippen molar-refractivity contribution in [1.82, 2.24) is 15.0 Å². The Kier molecular flexibility index (Phi) is 3.06. The monoisotopic (exact) mass is 250 g/mol. The molecule has 0 aliphatic heterocycles. The summed E-state index contributed by atoms with van der Waals surface area (Å²) in [5, 5.41) is 3.35. The van der Waals surface area contributed by atoms with Gasteiger partial charge in [-0.05, 0) is 36.8 Å². The molecule has 0 saturated carbocycles. The first kappa shape index (κ1) is 11.6. The molecule has 94 valence electrons. The molecular weight excluding hydrogens is 236 g/mol. The Bertz CT molecular complexity index is 682. The van der Waals surface area contributed by atoms with Crippen LogP contribution in [0.1, 0.15) is 18.5 Å². The fourth-order valence-corrected chi connectivity index (χ4v) is 1.98. The number of benzene rings is 1. The van der Waals surface area contributed by atoms with Crippen LogP contribution in [0.4, 0.5) is 5.82 Å². The van der Waals surface area contributed by atoms with Crippen molar-refractivity contribution in [1.29, 1.82) is 0 Å². The molecule has 19 heavy (non-hydrogen) atoms. The van der Waals surface area contributed by atoms with E-state index in [1.165, 1.54) is 5.56 Å². The van der Waals surface area contributed by atoms with E-state index in [1.54, 1.807) is 18.6 Å². The third kappa shape index (κ3) is 2.52. The van der Waals surface area contributed by atoms with E-state index in [1.807, 2.05) is 36.4 Å². The summed E-state index contributed by atoms with van der Waals surface area (Å²) in [6.45, 7) is 2.09. The summed E-state index contributed by atoms with van der Waals surface area (Å²) in [6.07, 6.45) is 5.35. The predicted molar refractivity (Wildman–Crippen MR) is 75.8 cm³/mol. The smallest absolute Gasteiger partial charge is 0.145 e. The maximum atomic E-state index is 4.55. The second kappa shape index (κ2) is 5.02. The van der Waals surface area contributed by atoms with Crippen LogP contribution in [0.3, 0.4) is 0 Å². The molecule has 3 aromatic rings. The molecular formula is C15H14N4. The first-order valence-electron chi connectivity index (χ1n) is 6.21. The number of anilines is 1. The van der Waals surface area contributed by atoms with E-state index in [4.69, 9.17) is 0 Å². The lowest BCUT2D eigenvalue weighted by Crippen LogP contribution is -2.08. The van der Waals surface area contributed by atoms with E-state index in [-0.39, 0.29) is 6.04 Å². The number of rotatable bonds is 3. The molecule has 1 atom stereocenters. The standard InChI is InChI=1S/C15H14N4/c1-11(12-6-8-16-9-7-12)18-15-10-17-13-4-2-3-5-14(13)19-15/h2-11H,1H3,(H,18,19). The number of fused-ring (bicyclic) bond motifs is 1. The van der Waals surface area contributed by atoms with Crippen molar-refractivity contribution in [2.24, 2.45) is 0 Å². The third-order valence-electron chi connectivity index (χ3n) is 3.02. The highest BCUT2D eigenvalue weighted by Crippen LogP contribution is 2.18. The molecule has 2 heterocycles. The molecule has 0 aliphatic rings. The van der Waals surface area contributed by atoms with Gasteiger partial charge in [0.05, 0.1) is 23.3 Å². The zero-order valence-corrected chi connectivity index (χ0v) is 10.6. The summed E-state index contributed by atoms with van der Waals surface area (Å²) >= 11 is 0. The minimum absolute atomic E-state index is 0.165. The summed E-state index contributed by atoms with van der Waals surface area (Å²) in [6, 6.07) is 12.0. The molecule has 4 nitrogen and oxygen atoms in total. The summed E-state index contributed by atoms with van der Waals surface area (Å²) in [5.74, 6) is 0.781. The zero-order valence-electron chi connectivity index (χ0n) is 10.6. The van der Waals surface area contributed by atoms with Gasteiger partial charge in [-0.25, -0.2) is 4.98 Å². The number of hydrogen-bond acceptors (Lipinski definition) is 4. The van der Waals surface area contributed by atoms with Gasteiger partial charge in [0.25, 0.3) is 0 Å². The van der Waals surface area contributed by atoms with Crippen molar-refractivity contribution in [2.45, 2.75) is 13.0 Å². The molecule has 1 unspecified atom stereocenters. The molecule has 0 spiro atoms. The number of nitrogens with zero attached hydrogens (tertiary/aromatic N) is 3. The van der Waals surface area contributed by atoms with E-state index in [0.29, 0.717) is 0 Å². The van der Waals surface area contributed by atoms with Gasteiger partial charge < -0.3 is 5.32 Å². The molecule has 4 heteroatoms. The second-order valence-electron chi connectivity index (χ2n) is 4.39. The van der Waals surface area contributed by atoms with E-state index in [0.717, 1.165) is 16.9 Å². The number of hydrogen-bond donors (Lipinski definition) is 1. The molecule has 0 aliphatic carbocycles. The van der Waals surface area contributed by atoms with Crippen LogP contribution in [0.5, 0.6) is 0 Å². The average molecular weight is 250 g/mol. The molecule has 2 aromatic heterocycles. The van der Waals surface area contributed by atoms with Crippen molar-refractivity contribution in [3.05, 3.63) is 60.6 Å². The molecule has 0 bridgehead atoms. The van der Waals surface area contributed by atoms with Crippen molar-refractivity contribution in [3.63, 3.8) is 0 Å². The number of aromatic nitrogens is 3. The lowest BCUT2D eigenvalue weighted by molar-refractivity contribution is 0.871. The van der Waals surface area contributed by atoms with Crippen molar-refractivity contribution >= 4 is 16.9 Å². The Morgan fingerprint density at radius 1 is 1.00 bits per heavy atom. The van der Waals surface area contributed by atoms with Gasteiger partial charge in [0, 0.05) is 12.4 Å². The Hall–Kier alpha value is -2.49. The molecule has 0 fully saturated rings. The Morgan fingerprint density at radius 3 is 2.53 bits per heavy atom. The van der Waals surface area contributed by atoms with E-state index in [2.05, 4.69) is 27.2 Å². The van der Waals surface area contributed by atoms with E-state index < -0.39 is 0 Å². The van der Waals surface area contributed by atoms with E-state index in [9.17, 15) is 0 Å². The number of pyridine rings is 1. The van der Waals surface area contributed by atoms with Crippen LogP contribution >= 0.6 is 0 Å². The first-order valence-corrected chi connectivity index (χ1v) is 6.21. The van der Waals surface area contributed by atoms with Gasteiger partial charge in [-0.3, -0.25) is 9.97 Å². The Balaban J connectivity index is 1.85. The van der Waals surface area contributed by atoms with Crippen LogP contribution in [0, 0.1) is 0 Å². The van der Waals surface area contributed by atoms with Gasteiger partial charge in [0.15, 0.2) is 0 Å². The fourth-order valence-electron chi connectivity index (χ4n) is 1.98. The largest absolute Gasteiger partial charge is 0.362 e. The second-order valence-corrected chi connectivity index (χ2v) is 4.39. The van der Waals surface area contributed by atoms with Crippen LogP contribution in [0.2, 0.25) is 0 Å². The highest BCUT2D eigenvalue weighted by molar-refractivity contribution is 5.75. The van der Waals surface area contributed by atoms with Gasteiger partial charge >= 0.3 is 0 Å². The van der Waals surface area contributed by atoms with Crippen molar-refractivity contribution in [2.75, 3.05) is 5.32 Å². The maximum Gasteiger partial charge on any atom is 0.145 e. The van der Waals surface area contributed by atoms with Gasteiger partial charge in [-0.2, -0.15) is 0 Å². The number of nitrogens with one attached hydrogen (secondary N) is 1. The van der Waals surface area contributed by atoms with Gasteiger partial charge in [0.1, 0.15) is 5.82 Å². The number of para-hydroxylation sites is 2. The molecule has 1 aromatic carbocycles. The quantitative estimate of drug-likeness (QED) is 0.775. The average Bonchev–Trinajstić information content (AvgIpc) is 2.48. The van der Waals surface area contributed by atoms with Crippen LogP contribution < -0.4 is 5.32 Å². The molecule has 0 saturated heterocycles. The van der Waals surface area contributed by atoms with Crippen LogP contribution in [-0.4, -0.2) is 15.0 Å². The van der Waals surface area contributed by atoms with Gasteiger partial charge in [-0.15, -0.1) is 0 Å². The lowest BCUT2D eigenvalue weighted by atomic mass is 10.1. The van der Waals surface area contributed by atoms with Gasteiger partial charge in [0.2, 0.25) is 0 Å². The topological polar surface area (TPSA) is 50.7 Å². The van der Waals surface area contributed by atoms with Crippen LogP contribution in [-0.2, 0) is 0 Å². The molecule has 3 rings (SSSR count). The minimum Gasteiger partial charge on any atom is -0.362 e. The van der Waals surface area contributed by atoms with Crippen molar-refractivity contribution < 1.29 is 0 Å². The molecule has 1 N–H and O–H groups in total. The highest BCUT2D eigenvalue weighted by atomic mass is 15.0. The van der Waals surface area contributed by atoms with E-state index >= 15 is 0 Å². The van der Waals surface area contributed by atoms with Crippen LogP contribution in [0.25, 0.3) is 11.0 Å². The van der Waals surface area contributed by atoms with Crippen molar-refractivity contribution in [3.8, 4) is 0 Å². The lowest BCUT2D eigenvalue weighted by Gasteiger charge is -2.14. The zero-order chi connectivity index (χ0) is 13.1. The summed E-state index contributed by atoms with van der Waals surface area (Å²) in [5.41, 5.74) is 2.98. The summed E-state index contributed by atoms with van der Waals surface area (Å²) in [7, 11) is 0. The maximum absolute atomic E-state index is 4.55. The minimum atomic E-state index is 0.165.